The van der Waals surface area contributed by atoms with Crippen LogP contribution in [0.3, 0.4) is 0 Å². The van der Waals surface area contributed by atoms with Gasteiger partial charge in [-0.25, -0.2) is 13.8 Å². The standard InChI is InChI=1S/C14H13F2IN2O/c1-2-3-11-13(17)14(20)19-12(18-11)6-8-4-5-9(15)7-10(8)16/h4-5,7H,2-3,6H2,1H3,(H,18,19,20). The van der Waals surface area contributed by atoms with Gasteiger partial charge < -0.3 is 4.98 Å². The molecular formula is C14H13F2IN2O. The van der Waals surface area contributed by atoms with Crippen molar-refractivity contribution in [2.45, 2.75) is 26.2 Å². The Bertz CT molecular complexity index is 685. The van der Waals surface area contributed by atoms with Gasteiger partial charge in [-0.3, -0.25) is 4.79 Å². The summed E-state index contributed by atoms with van der Waals surface area (Å²) in [5.74, 6) is -0.866. The first-order valence-corrected chi connectivity index (χ1v) is 7.30. The van der Waals surface area contributed by atoms with E-state index in [1.165, 1.54) is 12.1 Å². The molecule has 0 saturated heterocycles. The van der Waals surface area contributed by atoms with E-state index in [0.717, 1.165) is 18.2 Å². The van der Waals surface area contributed by atoms with Crippen molar-refractivity contribution in [3.05, 3.63) is 60.8 Å². The van der Waals surface area contributed by atoms with Gasteiger partial charge in [-0.05, 0) is 40.6 Å². The van der Waals surface area contributed by atoms with E-state index in [-0.39, 0.29) is 12.0 Å². The monoisotopic (exact) mass is 390 g/mol. The molecule has 106 valence electrons. The first-order valence-electron chi connectivity index (χ1n) is 6.22. The minimum absolute atomic E-state index is 0.134. The number of hydrogen-bond acceptors (Lipinski definition) is 2. The average molecular weight is 390 g/mol. The van der Waals surface area contributed by atoms with Gasteiger partial charge in [-0.1, -0.05) is 19.4 Å². The number of hydrogen-bond donors (Lipinski definition) is 1. The number of rotatable bonds is 4. The number of benzene rings is 1. The lowest BCUT2D eigenvalue weighted by molar-refractivity contribution is 0.573. The minimum Gasteiger partial charge on any atom is -0.309 e. The van der Waals surface area contributed by atoms with Crippen LogP contribution in [0.5, 0.6) is 0 Å². The molecule has 1 aromatic carbocycles. The fraction of sp³-hybridized carbons (Fsp3) is 0.286. The van der Waals surface area contributed by atoms with Gasteiger partial charge in [-0.2, -0.15) is 0 Å². The van der Waals surface area contributed by atoms with E-state index in [0.29, 0.717) is 21.4 Å². The lowest BCUT2D eigenvalue weighted by atomic mass is 10.1. The highest BCUT2D eigenvalue weighted by molar-refractivity contribution is 14.1. The van der Waals surface area contributed by atoms with Crippen LogP contribution in [0, 0.1) is 15.2 Å². The molecule has 0 fully saturated rings. The van der Waals surface area contributed by atoms with E-state index in [1.54, 1.807) is 0 Å². The fourth-order valence-electron chi connectivity index (χ4n) is 1.89. The third kappa shape index (κ3) is 3.41. The van der Waals surface area contributed by atoms with Crippen LogP contribution in [-0.2, 0) is 12.8 Å². The van der Waals surface area contributed by atoms with Gasteiger partial charge in [0, 0.05) is 12.5 Å². The zero-order chi connectivity index (χ0) is 14.7. The molecule has 20 heavy (non-hydrogen) atoms. The maximum Gasteiger partial charge on any atom is 0.264 e. The second-order valence-electron chi connectivity index (χ2n) is 4.44. The maximum atomic E-state index is 13.6. The number of halogens is 3. The fourth-order valence-corrected chi connectivity index (χ4v) is 2.41. The van der Waals surface area contributed by atoms with E-state index in [2.05, 4.69) is 9.97 Å². The molecule has 2 aromatic rings. The van der Waals surface area contributed by atoms with Crippen LogP contribution in [0.25, 0.3) is 0 Å². The molecule has 1 heterocycles. The van der Waals surface area contributed by atoms with Crippen molar-refractivity contribution in [1.29, 1.82) is 0 Å². The second-order valence-corrected chi connectivity index (χ2v) is 5.51. The van der Waals surface area contributed by atoms with Gasteiger partial charge in [0.1, 0.15) is 17.5 Å². The zero-order valence-electron chi connectivity index (χ0n) is 10.8. The highest BCUT2D eigenvalue weighted by Crippen LogP contribution is 2.14. The van der Waals surface area contributed by atoms with Crippen molar-refractivity contribution in [3.63, 3.8) is 0 Å². The Morgan fingerprint density at radius 2 is 2.10 bits per heavy atom. The molecule has 0 atom stereocenters. The Morgan fingerprint density at radius 1 is 1.35 bits per heavy atom. The zero-order valence-corrected chi connectivity index (χ0v) is 13.0. The highest BCUT2D eigenvalue weighted by Gasteiger charge is 2.11. The van der Waals surface area contributed by atoms with Gasteiger partial charge in [-0.15, -0.1) is 0 Å². The normalized spacial score (nSPS) is 10.8. The Labute approximate surface area is 128 Å². The lowest BCUT2D eigenvalue weighted by Crippen LogP contribution is -2.18. The van der Waals surface area contributed by atoms with Gasteiger partial charge in [0.05, 0.1) is 9.26 Å². The first-order chi connectivity index (χ1) is 9.51. The smallest absolute Gasteiger partial charge is 0.264 e. The lowest BCUT2D eigenvalue weighted by Gasteiger charge is -2.07. The molecule has 0 spiro atoms. The highest BCUT2D eigenvalue weighted by atomic mass is 127. The van der Waals surface area contributed by atoms with Gasteiger partial charge in [0.25, 0.3) is 5.56 Å². The molecule has 3 nitrogen and oxygen atoms in total. The van der Waals surface area contributed by atoms with Crippen LogP contribution in [0.2, 0.25) is 0 Å². The van der Waals surface area contributed by atoms with Gasteiger partial charge in [0.15, 0.2) is 0 Å². The molecule has 2 rings (SSSR count). The van der Waals surface area contributed by atoms with Crippen LogP contribution in [0.1, 0.15) is 30.4 Å². The van der Waals surface area contributed by atoms with Crippen LogP contribution >= 0.6 is 22.6 Å². The third-order valence-corrected chi connectivity index (χ3v) is 3.95. The Morgan fingerprint density at radius 3 is 2.75 bits per heavy atom. The maximum absolute atomic E-state index is 13.6. The topological polar surface area (TPSA) is 45.8 Å². The second kappa shape index (κ2) is 6.43. The quantitative estimate of drug-likeness (QED) is 0.816. The summed E-state index contributed by atoms with van der Waals surface area (Å²) < 4.78 is 27.0. The summed E-state index contributed by atoms with van der Waals surface area (Å²) in [4.78, 5) is 18.8. The number of H-pyrrole nitrogens is 1. The molecule has 0 amide bonds. The molecule has 1 aromatic heterocycles. The van der Waals surface area contributed by atoms with Crippen molar-refractivity contribution < 1.29 is 8.78 Å². The number of nitrogens with one attached hydrogen (secondary N) is 1. The molecule has 6 heteroatoms. The van der Waals surface area contributed by atoms with Gasteiger partial charge >= 0.3 is 0 Å². The van der Waals surface area contributed by atoms with E-state index < -0.39 is 11.6 Å². The molecule has 0 aliphatic carbocycles. The molecule has 0 aliphatic heterocycles. The summed E-state index contributed by atoms with van der Waals surface area (Å²) in [6.07, 6.45) is 1.70. The van der Waals surface area contributed by atoms with E-state index in [1.807, 2.05) is 29.5 Å². The van der Waals surface area contributed by atoms with Crippen molar-refractivity contribution in [3.8, 4) is 0 Å². The van der Waals surface area contributed by atoms with E-state index >= 15 is 0 Å². The number of nitrogens with zero attached hydrogens (tertiary/aromatic N) is 1. The molecule has 0 unspecified atom stereocenters. The largest absolute Gasteiger partial charge is 0.309 e. The van der Waals surface area contributed by atoms with Crippen LogP contribution < -0.4 is 5.56 Å². The predicted octanol–water partition coefficient (Wildman–Crippen LogP) is 3.20. The molecule has 0 bridgehead atoms. The molecule has 0 radical (unpaired) electrons. The number of aryl methyl sites for hydroxylation is 1. The minimum atomic E-state index is -0.636. The summed E-state index contributed by atoms with van der Waals surface area (Å²) in [5, 5.41) is 0. The predicted molar refractivity (Wildman–Crippen MR) is 80.7 cm³/mol. The van der Waals surface area contributed by atoms with Crippen LogP contribution in [-0.4, -0.2) is 9.97 Å². The molecular weight excluding hydrogens is 377 g/mol. The molecule has 1 N–H and O–H groups in total. The average Bonchev–Trinajstić information content (AvgIpc) is 2.39. The third-order valence-electron chi connectivity index (χ3n) is 2.84. The van der Waals surface area contributed by atoms with Crippen LogP contribution in [0.15, 0.2) is 23.0 Å². The number of aromatic amines is 1. The van der Waals surface area contributed by atoms with E-state index in [4.69, 9.17) is 0 Å². The Hall–Kier alpha value is -1.31. The SMILES string of the molecule is CCCc1nc(Cc2ccc(F)cc2F)[nH]c(=O)c1I. The Kier molecular flexibility index (Phi) is 4.85. The number of aromatic nitrogens is 2. The van der Waals surface area contributed by atoms with E-state index in [9.17, 15) is 13.6 Å². The van der Waals surface area contributed by atoms with Crippen molar-refractivity contribution >= 4 is 22.6 Å². The summed E-state index contributed by atoms with van der Waals surface area (Å²) in [5.41, 5.74) is 0.800. The van der Waals surface area contributed by atoms with Crippen molar-refractivity contribution in [2.75, 3.05) is 0 Å². The van der Waals surface area contributed by atoms with Crippen molar-refractivity contribution in [2.24, 2.45) is 0 Å². The van der Waals surface area contributed by atoms with Gasteiger partial charge in [0.2, 0.25) is 0 Å². The van der Waals surface area contributed by atoms with Crippen LogP contribution in [0.4, 0.5) is 8.78 Å². The molecule has 0 aliphatic rings. The summed E-state index contributed by atoms with van der Waals surface area (Å²) in [7, 11) is 0. The Balaban J connectivity index is 2.36. The molecule has 0 saturated carbocycles. The first kappa shape index (κ1) is 15.1. The van der Waals surface area contributed by atoms with Crippen molar-refractivity contribution in [1.82, 2.24) is 9.97 Å². The summed E-state index contributed by atoms with van der Waals surface area (Å²) >= 11 is 1.96. The summed E-state index contributed by atoms with van der Waals surface area (Å²) in [6, 6.07) is 3.38. The summed E-state index contributed by atoms with van der Waals surface area (Å²) in [6.45, 7) is 2.00.